The molecule has 0 aromatic rings. The summed E-state index contributed by atoms with van der Waals surface area (Å²) >= 11 is -3.05. The van der Waals surface area contributed by atoms with Gasteiger partial charge >= 0.3 is 106 Å². The molecule has 98 valence electrons. The first kappa shape index (κ1) is 13.6. The number of hydrogen-bond donors (Lipinski definition) is 0. The first-order valence-corrected chi connectivity index (χ1v) is 15.2. The van der Waals surface area contributed by atoms with Crippen molar-refractivity contribution in [1.82, 2.24) is 4.90 Å². The number of likely N-dealkylation sites (tertiary alicyclic amines) is 1. The Labute approximate surface area is 105 Å². The summed E-state index contributed by atoms with van der Waals surface area (Å²) in [6.45, 7) is 5.12. The molecule has 2 heteroatoms. The van der Waals surface area contributed by atoms with Crippen LogP contribution in [0, 0.1) is 0 Å². The van der Waals surface area contributed by atoms with Crippen LogP contribution in [0.3, 0.4) is 0 Å². The monoisotopic (exact) mass is 271 g/mol. The molecule has 1 atom stereocenters. The van der Waals surface area contributed by atoms with Gasteiger partial charge in [-0.3, -0.25) is 0 Å². The molecule has 1 aliphatic heterocycles. The minimum absolute atomic E-state index is 0.753. The van der Waals surface area contributed by atoms with Gasteiger partial charge in [0.1, 0.15) is 0 Å². The minimum atomic E-state index is -3.05. The van der Waals surface area contributed by atoms with E-state index in [1.165, 1.54) is 32.4 Å². The van der Waals surface area contributed by atoms with Gasteiger partial charge in [0.15, 0.2) is 0 Å². The molecule has 1 heterocycles. The van der Waals surface area contributed by atoms with E-state index in [2.05, 4.69) is 51.0 Å². The van der Waals surface area contributed by atoms with Crippen molar-refractivity contribution in [3.63, 3.8) is 0 Å². The van der Waals surface area contributed by atoms with E-state index in [1.807, 2.05) is 0 Å². The third-order valence-electron chi connectivity index (χ3n) is 5.81. The quantitative estimate of drug-likeness (QED) is 0.673. The maximum absolute atomic E-state index is 3.05. The second-order valence-electron chi connectivity index (χ2n) is 9.04. The Morgan fingerprint density at radius 1 is 1.12 bits per heavy atom. The van der Waals surface area contributed by atoms with Gasteiger partial charge in [0.25, 0.3) is 0 Å². The Morgan fingerprint density at radius 2 is 1.71 bits per heavy atom. The summed E-state index contributed by atoms with van der Waals surface area (Å²) in [4.78, 5) is 2.75. The molecule has 1 aliphatic carbocycles. The molecule has 0 aromatic heterocycles. The van der Waals surface area contributed by atoms with Gasteiger partial charge < -0.3 is 0 Å². The summed E-state index contributed by atoms with van der Waals surface area (Å²) in [6.07, 6.45) is 11.0. The fraction of sp³-hybridized carbons (Fsp3) is 0.733. The van der Waals surface area contributed by atoms with Crippen LogP contribution in [0.5, 0.6) is 0 Å². The van der Waals surface area contributed by atoms with Crippen LogP contribution in [0.25, 0.3) is 0 Å². The molecule has 0 radical (unpaired) electrons. The van der Waals surface area contributed by atoms with Crippen molar-refractivity contribution in [1.29, 1.82) is 0 Å². The van der Waals surface area contributed by atoms with Crippen LogP contribution >= 0.6 is 0 Å². The molecule has 1 saturated heterocycles. The van der Waals surface area contributed by atoms with Crippen LogP contribution < -0.4 is 0 Å². The summed E-state index contributed by atoms with van der Waals surface area (Å²) < 4.78 is 2.51. The zero-order valence-corrected chi connectivity index (χ0v) is 13.9. The Hall–Kier alpha value is 0.154. The number of allylic oxidation sites excluding steroid dienone is 4. The van der Waals surface area contributed by atoms with E-state index in [9.17, 15) is 0 Å². The van der Waals surface area contributed by atoms with E-state index in [0.29, 0.717) is 0 Å². The molecule has 1 fully saturated rings. The zero-order chi connectivity index (χ0) is 12.8. The fourth-order valence-electron chi connectivity index (χ4n) is 3.51. The Balaban J connectivity index is 2.36. The number of nitrogens with zero attached hydrogens (tertiary/aromatic N) is 1. The normalized spacial score (nSPS) is 27.7. The third-order valence-corrected chi connectivity index (χ3v) is 17.4. The summed E-state index contributed by atoms with van der Waals surface area (Å²) in [5, 5.41) is 10.5. The van der Waals surface area contributed by atoms with E-state index in [-0.39, 0.29) is 0 Å². The van der Waals surface area contributed by atoms with Crippen LogP contribution in [0.2, 0.25) is 20.9 Å². The van der Waals surface area contributed by atoms with Gasteiger partial charge in [-0.1, -0.05) is 0 Å². The molecular weight excluding hydrogens is 242 g/mol. The average Bonchev–Trinajstić information content (AvgIpc) is 2.89. The molecule has 0 N–H and O–H groups in total. The maximum atomic E-state index is 2.75. The molecular formula is C15H29NTi. The van der Waals surface area contributed by atoms with Gasteiger partial charge in [-0.15, -0.1) is 0 Å². The van der Waals surface area contributed by atoms with Crippen molar-refractivity contribution in [3.8, 4) is 0 Å². The Morgan fingerprint density at radius 3 is 2.18 bits per heavy atom. The van der Waals surface area contributed by atoms with Crippen molar-refractivity contribution in [2.45, 2.75) is 51.4 Å². The van der Waals surface area contributed by atoms with Crippen molar-refractivity contribution in [3.05, 3.63) is 22.1 Å². The predicted octanol–water partition coefficient (Wildman–Crippen LogP) is 4.69. The van der Waals surface area contributed by atoms with E-state index in [0.717, 1.165) is 4.35 Å². The van der Waals surface area contributed by atoms with Gasteiger partial charge in [0, 0.05) is 0 Å². The van der Waals surface area contributed by atoms with Crippen molar-refractivity contribution in [2.75, 3.05) is 13.1 Å². The van der Waals surface area contributed by atoms with Crippen LogP contribution in [0.4, 0.5) is 0 Å². The molecule has 0 saturated carbocycles. The van der Waals surface area contributed by atoms with Crippen LogP contribution in [0.1, 0.15) is 26.2 Å². The van der Waals surface area contributed by atoms with E-state index < -0.39 is 14.0 Å². The van der Waals surface area contributed by atoms with Crippen molar-refractivity contribution in [2.24, 2.45) is 0 Å². The molecule has 0 spiro atoms. The van der Waals surface area contributed by atoms with Gasteiger partial charge in [-0.05, 0) is 0 Å². The summed E-state index contributed by atoms with van der Waals surface area (Å²) in [5.41, 5.74) is 0. The van der Waals surface area contributed by atoms with E-state index in [4.69, 9.17) is 0 Å². The SMILES string of the molecule is C[CH](N1CCCC1)[Ti]([CH3])([CH3])([CH3])([CH3])[C]1=CC=CC1. The van der Waals surface area contributed by atoms with Gasteiger partial charge in [-0.25, -0.2) is 0 Å². The van der Waals surface area contributed by atoms with Crippen molar-refractivity contribution >= 4 is 0 Å². The zero-order valence-electron chi connectivity index (χ0n) is 12.3. The average molecular weight is 271 g/mol. The van der Waals surface area contributed by atoms with E-state index in [1.54, 1.807) is 3.88 Å². The molecule has 0 aromatic carbocycles. The summed E-state index contributed by atoms with van der Waals surface area (Å²) in [6, 6.07) is 0. The van der Waals surface area contributed by atoms with Gasteiger partial charge in [-0.2, -0.15) is 0 Å². The number of hydrogen-bond acceptors (Lipinski definition) is 1. The van der Waals surface area contributed by atoms with Gasteiger partial charge in [0.2, 0.25) is 0 Å². The first-order valence-electron chi connectivity index (χ1n) is 7.22. The van der Waals surface area contributed by atoms with Crippen LogP contribution in [-0.2, 0) is 14.0 Å². The second kappa shape index (κ2) is 3.59. The fourth-order valence-corrected chi connectivity index (χ4v) is 10.3. The first-order chi connectivity index (χ1) is 7.65. The number of rotatable bonds is 3. The predicted molar refractivity (Wildman–Crippen MR) is 75.6 cm³/mol. The standard InChI is InChI=1S/C6H12N.C5H5.4CH3.Ti/c1-2-7-5-3-4-6-7;1-2-4-5-3-1;;;;;/h2H,3-6H2,1H3;1-3H,4H2;4*1H3;. The summed E-state index contributed by atoms with van der Waals surface area (Å²) in [7, 11) is 0. The molecule has 0 bridgehead atoms. The van der Waals surface area contributed by atoms with Crippen LogP contribution in [-0.4, -0.2) is 22.3 Å². The van der Waals surface area contributed by atoms with E-state index >= 15 is 0 Å². The molecule has 2 aliphatic rings. The summed E-state index contributed by atoms with van der Waals surface area (Å²) in [5.74, 6) is 0. The third kappa shape index (κ3) is 2.22. The van der Waals surface area contributed by atoms with Crippen LogP contribution in [0.15, 0.2) is 22.1 Å². The molecule has 1 nitrogen and oxygen atoms in total. The topological polar surface area (TPSA) is 3.24 Å². The van der Waals surface area contributed by atoms with Crippen molar-refractivity contribution < 1.29 is 14.0 Å². The molecule has 17 heavy (non-hydrogen) atoms. The molecule has 0 amide bonds. The molecule has 2 rings (SSSR count). The molecule has 1 unspecified atom stereocenters. The Kier molecular flexibility index (Phi) is 2.87. The van der Waals surface area contributed by atoms with Gasteiger partial charge in [0.05, 0.1) is 0 Å². The Bertz CT molecular complexity index is 376. The second-order valence-corrected chi connectivity index (χ2v) is 27.9.